The van der Waals surface area contributed by atoms with E-state index in [0.717, 1.165) is 4.90 Å². The lowest BCUT2D eigenvalue weighted by atomic mass is 10.2. The molecule has 0 saturated heterocycles. The Morgan fingerprint density at radius 3 is 2.40 bits per heavy atom. The lowest BCUT2D eigenvalue weighted by molar-refractivity contribution is -0.115. The Bertz CT molecular complexity index is 1580. The molecule has 1 atom stereocenters. The first-order valence-corrected chi connectivity index (χ1v) is 13.8. The van der Waals surface area contributed by atoms with Gasteiger partial charge in [0.1, 0.15) is 17.2 Å². The van der Waals surface area contributed by atoms with Gasteiger partial charge in [-0.1, -0.05) is 30.3 Å². The normalized spacial score (nSPS) is 11.6. The summed E-state index contributed by atoms with van der Waals surface area (Å²) in [5.74, 6) is -0.0484. The highest BCUT2D eigenvalue weighted by Gasteiger charge is 2.18. The minimum Gasteiger partial charge on any atom is -0.497 e. The van der Waals surface area contributed by atoms with Gasteiger partial charge in [-0.25, -0.2) is 0 Å². The number of hydrogen-bond donors (Lipinski definition) is 3. The summed E-state index contributed by atoms with van der Waals surface area (Å²) in [4.78, 5) is 44.0. The second-order valence-electron chi connectivity index (χ2n) is 8.96. The van der Waals surface area contributed by atoms with Crippen LogP contribution in [0.15, 0.2) is 108 Å². The highest BCUT2D eigenvalue weighted by molar-refractivity contribution is 8.00. The Hall–Kier alpha value is -5.09. The zero-order valence-corrected chi connectivity index (χ0v) is 24.1. The summed E-state index contributed by atoms with van der Waals surface area (Å²) in [7, 11) is 3.08. The maximum Gasteiger partial charge on any atom is 0.272 e. The second-order valence-corrected chi connectivity index (χ2v) is 10.4. The van der Waals surface area contributed by atoms with Gasteiger partial charge in [0.25, 0.3) is 11.8 Å². The molecule has 0 spiro atoms. The number of pyridine rings is 1. The second kappa shape index (κ2) is 14.5. The summed E-state index contributed by atoms with van der Waals surface area (Å²) in [6.07, 6.45) is 4.77. The summed E-state index contributed by atoms with van der Waals surface area (Å²) >= 11 is 1.33. The predicted molar refractivity (Wildman–Crippen MR) is 165 cm³/mol. The van der Waals surface area contributed by atoms with Crippen LogP contribution in [0.2, 0.25) is 0 Å². The molecular weight excluding hydrogens is 552 g/mol. The van der Waals surface area contributed by atoms with E-state index in [9.17, 15) is 14.4 Å². The van der Waals surface area contributed by atoms with Crippen LogP contribution < -0.4 is 25.4 Å². The smallest absolute Gasteiger partial charge is 0.272 e. The van der Waals surface area contributed by atoms with Crippen molar-refractivity contribution in [2.75, 3.05) is 24.9 Å². The Labute approximate surface area is 248 Å². The summed E-state index contributed by atoms with van der Waals surface area (Å²) < 4.78 is 10.6. The molecule has 214 valence electrons. The molecule has 0 aliphatic heterocycles. The van der Waals surface area contributed by atoms with E-state index in [0.29, 0.717) is 34.0 Å². The van der Waals surface area contributed by atoms with Crippen molar-refractivity contribution in [3.63, 3.8) is 0 Å². The van der Waals surface area contributed by atoms with Gasteiger partial charge in [-0.2, -0.15) is 0 Å². The number of amides is 3. The molecule has 3 amide bonds. The molecule has 0 aliphatic rings. The third-order valence-corrected chi connectivity index (χ3v) is 7.06. The predicted octanol–water partition coefficient (Wildman–Crippen LogP) is 5.63. The van der Waals surface area contributed by atoms with Crippen LogP contribution in [-0.2, 0) is 9.59 Å². The topological polar surface area (TPSA) is 119 Å². The zero-order valence-electron chi connectivity index (χ0n) is 23.3. The maximum absolute atomic E-state index is 13.3. The molecule has 10 heteroatoms. The molecule has 9 nitrogen and oxygen atoms in total. The van der Waals surface area contributed by atoms with Crippen LogP contribution in [0, 0.1) is 0 Å². The molecule has 3 aromatic carbocycles. The molecule has 4 aromatic rings. The Morgan fingerprint density at radius 2 is 1.69 bits per heavy atom. The molecular formula is C32H30N4O5S. The van der Waals surface area contributed by atoms with Crippen LogP contribution in [0.25, 0.3) is 6.08 Å². The SMILES string of the molecule is COc1ccc(NC(=O)C(C)Sc2cccc(NC(=O)/C(=C/c3cccnc3)NC(=O)c3ccccc3)c2)c(OC)c1. The number of anilines is 2. The number of thioether (sulfide) groups is 1. The fourth-order valence-corrected chi connectivity index (χ4v) is 4.74. The van der Waals surface area contributed by atoms with Gasteiger partial charge < -0.3 is 25.4 Å². The monoisotopic (exact) mass is 582 g/mol. The number of nitrogens with one attached hydrogen (secondary N) is 3. The van der Waals surface area contributed by atoms with Crippen molar-refractivity contribution in [2.45, 2.75) is 17.1 Å². The quantitative estimate of drug-likeness (QED) is 0.155. The van der Waals surface area contributed by atoms with E-state index in [-0.39, 0.29) is 11.6 Å². The van der Waals surface area contributed by atoms with Crippen LogP contribution in [-0.4, -0.2) is 42.2 Å². The third kappa shape index (κ3) is 8.21. The van der Waals surface area contributed by atoms with Crippen LogP contribution in [0.1, 0.15) is 22.8 Å². The summed E-state index contributed by atoms with van der Waals surface area (Å²) in [5, 5.41) is 7.98. The average Bonchev–Trinajstić information content (AvgIpc) is 3.01. The van der Waals surface area contributed by atoms with E-state index in [1.54, 1.807) is 111 Å². The first-order chi connectivity index (χ1) is 20.4. The van der Waals surface area contributed by atoms with Crippen LogP contribution in [0.3, 0.4) is 0 Å². The van der Waals surface area contributed by atoms with Crippen molar-refractivity contribution >= 4 is 46.9 Å². The lowest BCUT2D eigenvalue weighted by Crippen LogP contribution is -2.30. The minimum absolute atomic E-state index is 0.0519. The van der Waals surface area contributed by atoms with Gasteiger partial charge >= 0.3 is 0 Å². The number of ether oxygens (including phenoxy) is 2. The van der Waals surface area contributed by atoms with Crippen molar-refractivity contribution < 1.29 is 23.9 Å². The van der Waals surface area contributed by atoms with Crippen LogP contribution >= 0.6 is 11.8 Å². The first-order valence-electron chi connectivity index (χ1n) is 13.0. The number of aromatic nitrogens is 1. The van der Waals surface area contributed by atoms with Crippen molar-refractivity contribution in [1.29, 1.82) is 0 Å². The number of carbonyl (C=O) groups excluding carboxylic acids is 3. The van der Waals surface area contributed by atoms with E-state index in [1.807, 2.05) is 6.07 Å². The number of rotatable bonds is 11. The van der Waals surface area contributed by atoms with Crippen molar-refractivity contribution in [2.24, 2.45) is 0 Å². The highest BCUT2D eigenvalue weighted by Crippen LogP contribution is 2.31. The molecule has 0 saturated carbocycles. The molecule has 3 N–H and O–H groups in total. The summed E-state index contributed by atoms with van der Waals surface area (Å²) in [5.41, 5.74) is 2.15. The number of nitrogens with zero attached hydrogens (tertiary/aromatic N) is 1. The number of hydrogen-bond acceptors (Lipinski definition) is 7. The molecule has 4 rings (SSSR count). The Morgan fingerprint density at radius 1 is 0.881 bits per heavy atom. The van der Waals surface area contributed by atoms with E-state index < -0.39 is 17.1 Å². The van der Waals surface area contributed by atoms with E-state index in [4.69, 9.17) is 9.47 Å². The zero-order chi connectivity index (χ0) is 29.9. The van der Waals surface area contributed by atoms with Crippen LogP contribution in [0.4, 0.5) is 11.4 Å². The minimum atomic E-state index is -0.511. The number of benzene rings is 3. The Balaban J connectivity index is 1.45. The largest absolute Gasteiger partial charge is 0.497 e. The lowest BCUT2D eigenvalue weighted by Gasteiger charge is -2.16. The maximum atomic E-state index is 13.3. The van der Waals surface area contributed by atoms with Gasteiger partial charge in [0.05, 0.1) is 25.2 Å². The van der Waals surface area contributed by atoms with Gasteiger partial charge in [0, 0.05) is 34.6 Å². The third-order valence-electron chi connectivity index (χ3n) is 5.96. The van der Waals surface area contributed by atoms with E-state index in [2.05, 4.69) is 20.9 Å². The fraction of sp³-hybridized carbons (Fsp3) is 0.125. The van der Waals surface area contributed by atoms with Gasteiger partial charge in [-0.15, -0.1) is 11.8 Å². The molecule has 0 fully saturated rings. The number of methoxy groups -OCH3 is 2. The van der Waals surface area contributed by atoms with E-state index >= 15 is 0 Å². The fourth-order valence-electron chi connectivity index (χ4n) is 3.81. The molecule has 42 heavy (non-hydrogen) atoms. The Kier molecular flexibility index (Phi) is 10.3. The van der Waals surface area contributed by atoms with Gasteiger partial charge in [-0.05, 0) is 67.1 Å². The van der Waals surface area contributed by atoms with Gasteiger partial charge in [0.2, 0.25) is 5.91 Å². The molecule has 0 bridgehead atoms. The molecule has 1 heterocycles. The molecule has 1 unspecified atom stereocenters. The van der Waals surface area contributed by atoms with Gasteiger partial charge in [-0.3, -0.25) is 19.4 Å². The van der Waals surface area contributed by atoms with Crippen molar-refractivity contribution in [1.82, 2.24) is 10.3 Å². The van der Waals surface area contributed by atoms with E-state index in [1.165, 1.54) is 18.9 Å². The van der Waals surface area contributed by atoms with Crippen molar-refractivity contribution in [3.05, 3.63) is 114 Å². The highest BCUT2D eigenvalue weighted by atomic mass is 32.2. The standard InChI is InChI=1S/C32H30N4O5S/c1-21(30(37)35-27-15-14-25(40-2)19-29(27)41-3)42-26-13-7-12-24(18-26)34-32(39)28(17-22-9-8-16-33-20-22)36-31(38)23-10-5-4-6-11-23/h4-21H,1-3H3,(H,34,39)(H,35,37)(H,36,38)/b28-17-. The first kappa shape index (κ1) is 29.9. The number of carbonyl (C=O) groups is 3. The average molecular weight is 583 g/mol. The molecule has 0 radical (unpaired) electrons. The molecule has 1 aromatic heterocycles. The molecule has 0 aliphatic carbocycles. The van der Waals surface area contributed by atoms with Crippen molar-refractivity contribution in [3.8, 4) is 11.5 Å². The summed E-state index contributed by atoms with van der Waals surface area (Å²) in [6.45, 7) is 1.79. The van der Waals surface area contributed by atoms with Gasteiger partial charge in [0.15, 0.2) is 0 Å². The summed E-state index contributed by atoms with van der Waals surface area (Å²) in [6, 6.07) is 24.4. The van der Waals surface area contributed by atoms with Crippen LogP contribution in [0.5, 0.6) is 11.5 Å².